The fourth-order valence-corrected chi connectivity index (χ4v) is 3.47. The van der Waals surface area contributed by atoms with Crippen LogP contribution in [0.25, 0.3) is 16.9 Å². The van der Waals surface area contributed by atoms with Gasteiger partial charge in [-0.15, -0.1) is 0 Å². The number of nitrogens with zero attached hydrogens (tertiary/aromatic N) is 3. The minimum absolute atomic E-state index is 0.170. The Kier molecular flexibility index (Phi) is 5.47. The largest absolute Gasteiger partial charge is 0.294 e. The van der Waals surface area contributed by atoms with Crippen molar-refractivity contribution in [3.63, 3.8) is 0 Å². The van der Waals surface area contributed by atoms with E-state index in [2.05, 4.69) is 15.0 Å². The van der Waals surface area contributed by atoms with Crippen LogP contribution in [0.3, 0.4) is 0 Å². The van der Waals surface area contributed by atoms with Gasteiger partial charge in [-0.3, -0.25) is 14.8 Å². The molecule has 29 heavy (non-hydrogen) atoms. The van der Waals surface area contributed by atoms with Crippen molar-refractivity contribution in [3.8, 4) is 11.3 Å². The molecule has 4 rings (SSSR count). The van der Waals surface area contributed by atoms with E-state index in [1.54, 1.807) is 24.3 Å². The molecule has 0 saturated carbocycles. The van der Waals surface area contributed by atoms with E-state index in [9.17, 15) is 9.18 Å². The highest BCUT2D eigenvalue weighted by Crippen LogP contribution is 2.22. The van der Waals surface area contributed by atoms with Crippen LogP contribution in [0.2, 0.25) is 5.02 Å². The number of nitrogens with one attached hydrogen (secondary N) is 1. The molecule has 0 saturated heterocycles. The molecule has 0 aliphatic carbocycles. The first-order chi connectivity index (χ1) is 14.0. The molecule has 0 aliphatic heterocycles. The highest BCUT2D eigenvalue weighted by molar-refractivity contribution is 6.30. The molecule has 7 heteroatoms. The van der Waals surface area contributed by atoms with Gasteiger partial charge in [0.2, 0.25) is 0 Å². The van der Waals surface area contributed by atoms with Gasteiger partial charge in [0.25, 0.3) is 5.56 Å². The summed E-state index contributed by atoms with van der Waals surface area (Å²) in [5.74, 6) is -0.250. The number of hydrogen-bond acceptors (Lipinski definition) is 3. The molecule has 0 atom stereocenters. The van der Waals surface area contributed by atoms with Gasteiger partial charge in [0.15, 0.2) is 5.65 Å². The predicted octanol–water partition coefficient (Wildman–Crippen LogP) is 4.50. The fourth-order valence-electron chi connectivity index (χ4n) is 3.28. The lowest BCUT2D eigenvalue weighted by atomic mass is 10.1. The zero-order valence-corrected chi connectivity index (χ0v) is 16.7. The zero-order chi connectivity index (χ0) is 20.4. The second-order valence-electron chi connectivity index (χ2n) is 6.89. The molecule has 2 aromatic carbocycles. The van der Waals surface area contributed by atoms with Crippen molar-refractivity contribution in [2.45, 2.75) is 20.0 Å². The van der Waals surface area contributed by atoms with E-state index in [-0.39, 0.29) is 11.4 Å². The zero-order valence-electron chi connectivity index (χ0n) is 15.9. The summed E-state index contributed by atoms with van der Waals surface area (Å²) < 4.78 is 14.5. The van der Waals surface area contributed by atoms with Crippen LogP contribution in [0.15, 0.2) is 65.5 Å². The maximum Gasteiger partial charge on any atom is 0.272 e. The normalized spacial score (nSPS) is 11.4. The smallest absolute Gasteiger partial charge is 0.272 e. The molecule has 0 amide bonds. The first-order valence-corrected chi connectivity index (χ1v) is 9.74. The van der Waals surface area contributed by atoms with Crippen molar-refractivity contribution in [2.75, 3.05) is 6.54 Å². The average Bonchev–Trinajstić information content (AvgIpc) is 3.14. The summed E-state index contributed by atoms with van der Waals surface area (Å²) in [6, 6.07) is 17.2. The van der Waals surface area contributed by atoms with Crippen molar-refractivity contribution in [1.82, 2.24) is 19.5 Å². The van der Waals surface area contributed by atoms with Crippen molar-refractivity contribution in [2.24, 2.45) is 0 Å². The summed E-state index contributed by atoms with van der Waals surface area (Å²) in [5.41, 5.74) is 3.74. The van der Waals surface area contributed by atoms with Crippen molar-refractivity contribution in [1.29, 1.82) is 0 Å². The molecule has 0 radical (unpaired) electrons. The van der Waals surface area contributed by atoms with Crippen LogP contribution < -0.4 is 5.56 Å². The number of aromatic nitrogens is 3. The van der Waals surface area contributed by atoms with E-state index >= 15 is 0 Å². The van der Waals surface area contributed by atoms with Crippen LogP contribution in [0.1, 0.15) is 18.2 Å². The Morgan fingerprint density at radius 2 is 1.90 bits per heavy atom. The monoisotopic (exact) mass is 410 g/mol. The molecule has 2 aromatic heterocycles. The maximum absolute atomic E-state index is 13.1. The van der Waals surface area contributed by atoms with Gasteiger partial charge in [0, 0.05) is 35.8 Å². The third-order valence-electron chi connectivity index (χ3n) is 4.79. The average molecular weight is 411 g/mol. The molecule has 4 aromatic rings. The Morgan fingerprint density at radius 3 is 2.62 bits per heavy atom. The Morgan fingerprint density at radius 1 is 1.10 bits per heavy atom. The minimum atomic E-state index is -0.250. The Labute approximate surface area is 172 Å². The van der Waals surface area contributed by atoms with Gasteiger partial charge < -0.3 is 0 Å². The molecule has 0 bridgehead atoms. The van der Waals surface area contributed by atoms with E-state index in [1.165, 1.54) is 16.6 Å². The second kappa shape index (κ2) is 8.19. The topological polar surface area (TPSA) is 53.4 Å². The van der Waals surface area contributed by atoms with Gasteiger partial charge in [0.05, 0.1) is 11.4 Å². The molecule has 0 spiro atoms. The van der Waals surface area contributed by atoms with Gasteiger partial charge in [-0.25, -0.2) is 13.9 Å². The Bertz CT molecular complexity index is 1200. The third kappa shape index (κ3) is 4.39. The van der Waals surface area contributed by atoms with Crippen LogP contribution in [-0.4, -0.2) is 26.0 Å². The van der Waals surface area contributed by atoms with Gasteiger partial charge in [-0.05, 0) is 36.4 Å². The summed E-state index contributed by atoms with van der Waals surface area (Å²) in [4.78, 5) is 19.4. The maximum atomic E-state index is 13.1. The highest BCUT2D eigenvalue weighted by Gasteiger charge is 2.11. The predicted molar refractivity (Wildman–Crippen MR) is 112 cm³/mol. The summed E-state index contributed by atoms with van der Waals surface area (Å²) >= 11 is 6.07. The number of hydrogen-bond donors (Lipinski definition) is 1. The SMILES string of the molecule is CCN(Cc1ccc(F)cc1)Cc1cc(=O)n2[nH]c(-c3cccc(Cl)c3)cc2n1. The van der Waals surface area contributed by atoms with Crippen molar-refractivity contribution in [3.05, 3.63) is 93.1 Å². The van der Waals surface area contributed by atoms with Crippen molar-refractivity contribution < 1.29 is 4.39 Å². The molecule has 148 valence electrons. The van der Waals surface area contributed by atoms with Crippen LogP contribution in [-0.2, 0) is 13.1 Å². The molecule has 0 aliphatic rings. The van der Waals surface area contributed by atoms with Crippen LogP contribution in [0, 0.1) is 5.82 Å². The van der Waals surface area contributed by atoms with Gasteiger partial charge >= 0.3 is 0 Å². The first-order valence-electron chi connectivity index (χ1n) is 9.36. The molecule has 2 heterocycles. The first kappa shape index (κ1) is 19.4. The number of halogens is 2. The number of aromatic amines is 1. The summed E-state index contributed by atoms with van der Waals surface area (Å²) in [7, 11) is 0. The number of fused-ring (bicyclic) bond motifs is 1. The number of rotatable bonds is 6. The van der Waals surface area contributed by atoms with E-state index in [0.717, 1.165) is 23.4 Å². The summed E-state index contributed by atoms with van der Waals surface area (Å²) in [5, 5.41) is 3.71. The van der Waals surface area contributed by atoms with Crippen LogP contribution in [0.5, 0.6) is 0 Å². The van der Waals surface area contributed by atoms with Gasteiger partial charge in [-0.2, -0.15) is 0 Å². The quantitative estimate of drug-likeness (QED) is 0.509. The van der Waals surface area contributed by atoms with Gasteiger partial charge in [-0.1, -0.05) is 42.8 Å². The van der Waals surface area contributed by atoms with Crippen LogP contribution >= 0.6 is 11.6 Å². The highest BCUT2D eigenvalue weighted by atomic mass is 35.5. The Hall–Kier alpha value is -2.96. The summed E-state index contributed by atoms with van der Waals surface area (Å²) in [6.07, 6.45) is 0. The lowest BCUT2D eigenvalue weighted by Gasteiger charge is -2.20. The van der Waals surface area contributed by atoms with E-state index in [0.29, 0.717) is 29.5 Å². The number of benzene rings is 2. The van der Waals surface area contributed by atoms with E-state index in [1.807, 2.05) is 31.2 Å². The Balaban J connectivity index is 1.60. The lowest BCUT2D eigenvalue weighted by molar-refractivity contribution is 0.268. The lowest BCUT2D eigenvalue weighted by Crippen LogP contribution is -2.25. The summed E-state index contributed by atoms with van der Waals surface area (Å²) in [6.45, 7) is 4.00. The van der Waals surface area contributed by atoms with Crippen LogP contribution in [0.4, 0.5) is 4.39 Å². The molecule has 0 fully saturated rings. The molecular weight excluding hydrogens is 391 g/mol. The number of H-pyrrole nitrogens is 1. The van der Waals surface area contributed by atoms with Gasteiger partial charge in [0.1, 0.15) is 5.82 Å². The fraction of sp³-hybridized carbons (Fsp3) is 0.182. The van der Waals surface area contributed by atoms with Crippen molar-refractivity contribution >= 4 is 17.2 Å². The second-order valence-corrected chi connectivity index (χ2v) is 7.33. The minimum Gasteiger partial charge on any atom is -0.294 e. The van der Waals surface area contributed by atoms with E-state index < -0.39 is 0 Å². The standard InChI is InChI=1S/C22H20ClFN4O/c1-2-27(13-15-6-8-18(24)9-7-15)14-19-11-22(29)28-21(25-19)12-20(26-28)16-4-3-5-17(23)10-16/h3-12,26H,2,13-14H2,1H3. The molecule has 5 nitrogen and oxygen atoms in total. The molecular formula is C22H20ClFN4O. The molecule has 0 unspecified atom stereocenters. The van der Waals surface area contributed by atoms with E-state index in [4.69, 9.17) is 11.6 Å². The third-order valence-corrected chi connectivity index (χ3v) is 5.03. The molecule has 1 N–H and O–H groups in total.